The number of nitrogens with one attached hydrogen (secondary N) is 1. The van der Waals surface area contributed by atoms with Gasteiger partial charge in [-0.2, -0.15) is 0 Å². The van der Waals surface area contributed by atoms with E-state index < -0.39 is 23.5 Å². The van der Waals surface area contributed by atoms with Crippen molar-refractivity contribution in [1.82, 2.24) is 20.1 Å². The Kier molecular flexibility index (Phi) is 7.94. The summed E-state index contributed by atoms with van der Waals surface area (Å²) in [5.74, 6) is -1.71. The zero-order chi connectivity index (χ0) is 30.1. The number of aliphatic carboxylic acids is 1. The Bertz CT molecular complexity index is 1440. The summed E-state index contributed by atoms with van der Waals surface area (Å²) in [6.45, 7) is 1.07. The minimum atomic E-state index is -1.35. The summed E-state index contributed by atoms with van der Waals surface area (Å²) in [6, 6.07) is 12.0. The number of rotatable bonds is 4. The monoisotopic (exact) mass is 586 g/mol. The van der Waals surface area contributed by atoms with Crippen LogP contribution < -0.4 is 10.1 Å². The summed E-state index contributed by atoms with van der Waals surface area (Å²) in [6.07, 6.45) is 9.16. The predicted octanol–water partition coefficient (Wildman–Crippen LogP) is 3.53. The van der Waals surface area contributed by atoms with Crippen molar-refractivity contribution < 1.29 is 29.0 Å². The number of fused-ring (bicyclic) bond motifs is 4. The van der Waals surface area contributed by atoms with E-state index in [4.69, 9.17) is 4.74 Å². The van der Waals surface area contributed by atoms with Gasteiger partial charge in [0.25, 0.3) is 5.91 Å². The van der Waals surface area contributed by atoms with Gasteiger partial charge < -0.3 is 25.0 Å². The minimum Gasteiger partial charge on any atom is -0.497 e. The van der Waals surface area contributed by atoms with E-state index in [0.717, 1.165) is 43.4 Å². The number of allylic oxidation sites excluding steroid dienone is 1. The number of nitrogens with zero attached hydrogens (tertiary/aromatic N) is 3. The number of pyridine rings is 1. The Labute approximate surface area is 251 Å². The Hall–Kier alpha value is -4.21. The second kappa shape index (κ2) is 11.8. The van der Waals surface area contributed by atoms with Crippen molar-refractivity contribution >= 4 is 23.7 Å². The first-order chi connectivity index (χ1) is 20.8. The van der Waals surface area contributed by atoms with E-state index in [9.17, 15) is 24.3 Å². The maximum absolute atomic E-state index is 13.8. The molecule has 4 aliphatic rings. The first-order valence-corrected chi connectivity index (χ1v) is 15.2. The Morgan fingerprint density at radius 3 is 2.58 bits per heavy atom. The van der Waals surface area contributed by atoms with Crippen molar-refractivity contribution in [1.29, 1.82) is 0 Å². The van der Waals surface area contributed by atoms with Gasteiger partial charge in [0.05, 0.1) is 12.8 Å². The van der Waals surface area contributed by atoms with Crippen LogP contribution in [0.4, 0.5) is 0 Å². The van der Waals surface area contributed by atoms with Crippen molar-refractivity contribution in [3.63, 3.8) is 0 Å². The molecule has 1 aromatic heterocycles. The predicted molar refractivity (Wildman–Crippen MR) is 158 cm³/mol. The van der Waals surface area contributed by atoms with E-state index in [0.29, 0.717) is 43.9 Å². The molecule has 5 atom stereocenters. The normalized spacial score (nSPS) is 29.8. The molecule has 226 valence electrons. The molecule has 3 fully saturated rings. The molecule has 1 aliphatic carbocycles. The zero-order valence-electron chi connectivity index (χ0n) is 24.4. The van der Waals surface area contributed by atoms with Crippen molar-refractivity contribution in [3.8, 4) is 17.0 Å². The molecular weight excluding hydrogens is 548 g/mol. The van der Waals surface area contributed by atoms with E-state index in [-0.39, 0.29) is 29.6 Å². The summed E-state index contributed by atoms with van der Waals surface area (Å²) >= 11 is 0. The van der Waals surface area contributed by atoms with Gasteiger partial charge in [0.1, 0.15) is 23.0 Å². The number of aromatic nitrogens is 1. The first kappa shape index (κ1) is 28.9. The minimum absolute atomic E-state index is 0.0778. The van der Waals surface area contributed by atoms with Gasteiger partial charge in [0.15, 0.2) is 0 Å². The van der Waals surface area contributed by atoms with Gasteiger partial charge >= 0.3 is 5.97 Å². The average Bonchev–Trinajstić information content (AvgIpc) is 3.36. The van der Waals surface area contributed by atoms with Crippen molar-refractivity contribution in [3.05, 3.63) is 60.3 Å². The van der Waals surface area contributed by atoms with Gasteiger partial charge in [-0.15, -0.1) is 0 Å². The number of carboxylic acids is 1. The van der Waals surface area contributed by atoms with Gasteiger partial charge in [-0.1, -0.05) is 31.1 Å². The smallest absolute Gasteiger partial charge is 0.330 e. The Morgan fingerprint density at radius 1 is 1.02 bits per heavy atom. The van der Waals surface area contributed by atoms with Crippen LogP contribution in [-0.2, 0) is 14.4 Å². The van der Waals surface area contributed by atoms with Crippen LogP contribution in [0.25, 0.3) is 11.3 Å². The summed E-state index contributed by atoms with van der Waals surface area (Å²) in [4.78, 5) is 61.2. The number of ether oxygens (including phenoxy) is 1. The maximum atomic E-state index is 13.8. The van der Waals surface area contributed by atoms with Crippen LogP contribution in [0.3, 0.4) is 0 Å². The number of benzene rings is 1. The molecule has 10 nitrogen and oxygen atoms in total. The van der Waals surface area contributed by atoms with Gasteiger partial charge in [-0.05, 0) is 62.1 Å². The topological polar surface area (TPSA) is 129 Å². The highest BCUT2D eigenvalue weighted by Crippen LogP contribution is 2.46. The van der Waals surface area contributed by atoms with Crippen LogP contribution in [0, 0.1) is 17.8 Å². The summed E-state index contributed by atoms with van der Waals surface area (Å²) < 4.78 is 5.24. The number of methoxy groups -OCH3 is 1. The number of hydrogen-bond donors (Lipinski definition) is 2. The molecule has 3 aliphatic heterocycles. The number of carbonyl (C=O) groups excluding carboxylic acids is 3. The third kappa shape index (κ3) is 5.62. The molecule has 0 unspecified atom stereocenters. The third-order valence-corrected chi connectivity index (χ3v) is 9.52. The molecule has 0 bridgehead atoms. The maximum Gasteiger partial charge on any atom is 0.330 e. The zero-order valence-corrected chi connectivity index (χ0v) is 24.4. The molecule has 1 saturated carbocycles. The molecule has 2 aromatic rings. The fourth-order valence-corrected chi connectivity index (χ4v) is 7.00. The van der Waals surface area contributed by atoms with Crippen molar-refractivity contribution in [2.24, 2.45) is 17.8 Å². The highest BCUT2D eigenvalue weighted by atomic mass is 16.5. The Balaban J connectivity index is 1.22. The SMILES string of the molecule is COc1ccc(-c2cccc(C(=O)N3C[C@H]4CN5C(=O)CCCCCC/C=C\[C@@H]6C[C@@]6(C(=O)O)NC(=O)[C@@H]5[C@H]4C3)n2)cc1. The summed E-state index contributed by atoms with van der Waals surface area (Å²) in [5.41, 5.74) is 0.485. The second-order valence-electron chi connectivity index (χ2n) is 12.2. The molecule has 3 amide bonds. The molecule has 43 heavy (non-hydrogen) atoms. The van der Waals surface area contributed by atoms with E-state index in [1.807, 2.05) is 42.5 Å². The number of amides is 3. The molecule has 1 aromatic carbocycles. The number of carbonyl (C=O) groups is 4. The van der Waals surface area contributed by atoms with Crippen LogP contribution in [0.2, 0.25) is 0 Å². The number of likely N-dealkylation sites (tertiary alicyclic amines) is 1. The van der Waals surface area contributed by atoms with Crippen LogP contribution >= 0.6 is 0 Å². The summed E-state index contributed by atoms with van der Waals surface area (Å²) in [5, 5.41) is 12.9. The summed E-state index contributed by atoms with van der Waals surface area (Å²) in [7, 11) is 1.60. The molecular formula is C33H38N4O6. The lowest BCUT2D eigenvalue weighted by molar-refractivity contribution is -0.145. The quantitative estimate of drug-likeness (QED) is 0.525. The molecule has 0 radical (unpaired) electrons. The van der Waals surface area contributed by atoms with Crippen LogP contribution in [0.1, 0.15) is 55.4 Å². The number of carboxylic acid groups (broad SMARTS) is 1. The highest BCUT2D eigenvalue weighted by Gasteiger charge is 2.62. The van der Waals surface area contributed by atoms with E-state index in [1.165, 1.54) is 0 Å². The van der Waals surface area contributed by atoms with E-state index in [1.54, 1.807) is 29.0 Å². The lowest BCUT2D eigenvalue weighted by Gasteiger charge is -2.30. The number of hydrogen-bond acceptors (Lipinski definition) is 6. The lowest BCUT2D eigenvalue weighted by atomic mass is 9.93. The second-order valence-corrected chi connectivity index (χ2v) is 12.2. The van der Waals surface area contributed by atoms with Crippen molar-refractivity contribution in [2.75, 3.05) is 26.7 Å². The molecule has 2 saturated heterocycles. The molecule has 10 heteroatoms. The molecule has 6 rings (SSSR count). The standard InChI is InChI=1S/C33H38N4O6/c1-43-24-15-13-21(14-16-24)26-10-8-11-27(34-26)31(40)36-18-22-19-37-28(38)12-7-5-3-2-4-6-9-23-17-33(23,32(41)42)35-30(39)29(37)25(22)20-36/h6,8-11,13-16,22-23,25,29H,2-5,7,12,17-20H2,1H3,(H,35,39)(H,41,42)/b9-6-/t22-,23+,25-,29-,33+/m0/s1. The lowest BCUT2D eigenvalue weighted by Crippen LogP contribution is -2.55. The van der Waals surface area contributed by atoms with E-state index in [2.05, 4.69) is 10.3 Å². The van der Waals surface area contributed by atoms with Gasteiger partial charge in [-0.3, -0.25) is 14.4 Å². The fourth-order valence-electron chi connectivity index (χ4n) is 7.00. The van der Waals surface area contributed by atoms with Crippen molar-refractivity contribution in [2.45, 2.75) is 56.5 Å². The molecule has 2 N–H and O–H groups in total. The van der Waals surface area contributed by atoms with Gasteiger partial charge in [0.2, 0.25) is 11.8 Å². The van der Waals surface area contributed by atoms with Gasteiger partial charge in [0, 0.05) is 49.4 Å². The van der Waals surface area contributed by atoms with Crippen LogP contribution in [-0.4, -0.2) is 81.9 Å². The fraction of sp³-hybridized carbons (Fsp3) is 0.485. The average molecular weight is 587 g/mol. The van der Waals surface area contributed by atoms with Gasteiger partial charge in [-0.25, -0.2) is 9.78 Å². The third-order valence-electron chi connectivity index (χ3n) is 9.52. The van der Waals surface area contributed by atoms with Crippen LogP contribution in [0.5, 0.6) is 5.75 Å². The highest BCUT2D eigenvalue weighted by molar-refractivity contribution is 5.96. The van der Waals surface area contributed by atoms with Crippen LogP contribution in [0.15, 0.2) is 54.6 Å². The Morgan fingerprint density at radius 2 is 1.81 bits per heavy atom. The first-order valence-electron chi connectivity index (χ1n) is 15.2. The molecule has 0 spiro atoms. The van der Waals surface area contributed by atoms with E-state index >= 15 is 0 Å². The molecule has 4 heterocycles. The largest absolute Gasteiger partial charge is 0.497 e.